The number of benzene rings is 2. The second-order valence-electron chi connectivity index (χ2n) is 7.26. The van der Waals surface area contributed by atoms with Gasteiger partial charge in [0.05, 0.1) is 0 Å². The highest BCUT2D eigenvalue weighted by molar-refractivity contribution is 9.10. The van der Waals surface area contributed by atoms with Gasteiger partial charge in [-0.25, -0.2) is 0 Å². The van der Waals surface area contributed by atoms with Gasteiger partial charge in [0, 0.05) is 45.0 Å². The smallest absolute Gasteiger partial charge is 0.322 e. The highest BCUT2D eigenvalue weighted by Crippen LogP contribution is 2.62. The van der Waals surface area contributed by atoms with Crippen LogP contribution >= 0.6 is 34.9 Å². The van der Waals surface area contributed by atoms with E-state index in [1.807, 2.05) is 6.07 Å². The number of carbonyl (C=O) groups is 2. The lowest BCUT2D eigenvalue weighted by Crippen LogP contribution is -2.25. The number of nitrogens with zero attached hydrogens (tertiary/aromatic N) is 1. The van der Waals surface area contributed by atoms with Gasteiger partial charge in [0.1, 0.15) is 4.88 Å². The van der Waals surface area contributed by atoms with Crippen LogP contribution in [0.1, 0.15) is 27.7 Å². The van der Waals surface area contributed by atoms with Crippen molar-refractivity contribution in [3.8, 4) is 0 Å². The van der Waals surface area contributed by atoms with Crippen molar-refractivity contribution in [2.45, 2.75) is 19.0 Å². The van der Waals surface area contributed by atoms with E-state index in [4.69, 9.17) is 9.79 Å². The molecule has 0 atom stereocenters. The second-order valence-corrected chi connectivity index (χ2v) is 10.8. The average Bonchev–Trinajstić information content (AvgIpc) is 3.28. The summed E-state index contributed by atoms with van der Waals surface area (Å²) in [6.45, 7) is 2.05. The zero-order chi connectivity index (χ0) is 23.4. The van der Waals surface area contributed by atoms with Crippen LogP contribution < -0.4 is 10.2 Å². The van der Waals surface area contributed by atoms with Crippen molar-refractivity contribution >= 4 is 68.1 Å². The Labute approximate surface area is 193 Å². The van der Waals surface area contributed by atoms with Crippen LogP contribution in [0.4, 0.5) is 20.2 Å². The lowest BCUT2D eigenvalue weighted by Gasteiger charge is -2.16. The number of amides is 2. The highest BCUT2D eigenvalue weighted by atomic mass is 79.9. The Kier molecular flexibility index (Phi) is 5.75. The summed E-state index contributed by atoms with van der Waals surface area (Å²) in [6, 6.07) is 9.52. The zero-order valence-electron chi connectivity index (χ0n) is 16.4. The molecule has 1 aliphatic heterocycles. The van der Waals surface area contributed by atoms with Crippen LogP contribution in [0, 0.1) is 0 Å². The molecule has 0 aliphatic carbocycles. The van der Waals surface area contributed by atoms with Crippen LogP contribution in [0.2, 0.25) is 0 Å². The first-order valence-electron chi connectivity index (χ1n) is 9.28. The fourth-order valence-electron chi connectivity index (χ4n) is 3.52. The van der Waals surface area contributed by atoms with Gasteiger partial charge in [-0.2, -0.15) is 8.78 Å². The summed E-state index contributed by atoms with van der Waals surface area (Å²) >= 11 is 3.54. The van der Waals surface area contributed by atoms with Crippen molar-refractivity contribution in [3.63, 3.8) is 0 Å². The SMILES string of the molecule is CC(=O)N1CCc2ccc(NC(=O)c3ccc4sc(C(F)(F)P(=O)(O)O)c(Br)c4c3)cc21. The normalized spacial score (nSPS) is 14.0. The molecule has 7 nitrogen and oxygen atoms in total. The minimum atomic E-state index is -5.73. The molecule has 4 rings (SSSR count). The van der Waals surface area contributed by atoms with Crippen LogP contribution in [0.15, 0.2) is 40.9 Å². The Morgan fingerprint density at radius 2 is 1.94 bits per heavy atom. The maximum Gasteiger partial charge on any atom is 0.400 e. The van der Waals surface area contributed by atoms with E-state index in [1.165, 1.54) is 25.1 Å². The van der Waals surface area contributed by atoms with Gasteiger partial charge in [0.15, 0.2) is 0 Å². The molecule has 2 amide bonds. The van der Waals surface area contributed by atoms with Crippen molar-refractivity contribution in [1.29, 1.82) is 0 Å². The molecule has 2 heterocycles. The molecule has 0 fully saturated rings. The van der Waals surface area contributed by atoms with Crippen molar-refractivity contribution in [2.24, 2.45) is 0 Å². The topological polar surface area (TPSA) is 107 Å². The summed E-state index contributed by atoms with van der Waals surface area (Å²) in [5.41, 5.74) is -1.98. The number of carbonyl (C=O) groups excluding carboxylic acids is 2. The van der Waals surface area contributed by atoms with E-state index in [1.54, 1.807) is 17.0 Å². The third-order valence-corrected chi connectivity index (χ3v) is 8.58. The first-order valence-corrected chi connectivity index (χ1v) is 12.5. The molecule has 0 saturated carbocycles. The molecule has 1 aromatic heterocycles. The largest absolute Gasteiger partial charge is 0.400 e. The number of alkyl halides is 2. The van der Waals surface area contributed by atoms with Crippen LogP contribution in [-0.4, -0.2) is 28.1 Å². The van der Waals surface area contributed by atoms with Gasteiger partial charge in [-0.1, -0.05) is 6.07 Å². The molecule has 12 heteroatoms. The fraction of sp³-hybridized carbons (Fsp3) is 0.200. The highest BCUT2D eigenvalue weighted by Gasteiger charge is 2.53. The second kappa shape index (κ2) is 8.00. The van der Waals surface area contributed by atoms with E-state index in [0.717, 1.165) is 17.7 Å². The minimum Gasteiger partial charge on any atom is -0.322 e. The molecule has 3 aromatic rings. The monoisotopic (exact) mass is 544 g/mol. The number of hydrogen-bond donors (Lipinski definition) is 3. The number of anilines is 2. The van der Waals surface area contributed by atoms with Crippen molar-refractivity contribution in [2.75, 3.05) is 16.8 Å². The summed E-state index contributed by atoms with van der Waals surface area (Å²) in [7, 11) is -5.73. The summed E-state index contributed by atoms with van der Waals surface area (Å²) < 4.78 is 39.8. The molecule has 0 saturated heterocycles. The molecule has 0 spiro atoms. The first-order chi connectivity index (χ1) is 14.9. The predicted octanol–water partition coefficient (Wildman–Crippen LogP) is 5.05. The van der Waals surface area contributed by atoms with Gasteiger partial charge in [-0.05, 0) is 58.2 Å². The van der Waals surface area contributed by atoms with Gasteiger partial charge >= 0.3 is 13.3 Å². The predicted molar refractivity (Wildman–Crippen MR) is 122 cm³/mol. The van der Waals surface area contributed by atoms with Crippen LogP contribution in [0.5, 0.6) is 0 Å². The Bertz CT molecular complexity index is 1320. The standard InChI is InChI=1S/C20H16BrF2N2O5PS/c1-10(26)25-7-6-11-2-4-13(9-15(11)25)24-19(27)12-3-5-16-14(8-12)17(21)18(32-16)20(22,23)31(28,29)30/h2-5,8-9H,6-7H2,1H3,(H,24,27)(H2,28,29,30). The fourth-order valence-corrected chi connectivity index (χ4v) is 6.45. The molecule has 1 aliphatic rings. The average molecular weight is 545 g/mol. The van der Waals surface area contributed by atoms with Gasteiger partial charge < -0.3 is 20.0 Å². The maximum absolute atomic E-state index is 14.2. The third-order valence-electron chi connectivity index (χ3n) is 5.15. The van der Waals surface area contributed by atoms with Gasteiger partial charge in [-0.15, -0.1) is 11.3 Å². The molecule has 0 radical (unpaired) electrons. The lowest BCUT2D eigenvalue weighted by atomic mass is 10.1. The Morgan fingerprint density at radius 1 is 1.22 bits per heavy atom. The zero-order valence-corrected chi connectivity index (χ0v) is 19.7. The molecule has 32 heavy (non-hydrogen) atoms. The number of nitrogens with one attached hydrogen (secondary N) is 1. The Balaban J connectivity index is 1.64. The molecular formula is C20H16BrF2N2O5PS. The summed E-state index contributed by atoms with van der Waals surface area (Å²) in [5.74, 6) is -0.594. The Morgan fingerprint density at radius 3 is 2.59 bits per heavy atom. The van der Waals surface area contributed by atoms with E-state index in [-0.39, 0.29) is 21.3 Å². The van der Waals surface area contributed by atoms with E-state index in [9.17, 15) is 22.9 Å². The minimum absolute atomic E-state index is 0.0945. The van der Waals surface area contributed by atoms with Crippen LogP contribution in [-0.2, 0) is 21.4 Å². The van der Waals surface area contributed by atoms with Crippen molar-refractivity contribution in [3.05, 3.63) is 56.9 Å². The molecular weight excluding hydrogens is 529 g/mol. The quantitative estimate of drug-likeness (QED) is 0.398. The summed E-state index contributed by atoms with van der Waals surface area (Å²) in [5, 5.41) is 2.97. The molecule has 2 aromatic carbocycles. The van der Waals surface area contributed by atoms with Gasteiger partial charge in [0.2, 0.25) is 5.91 Å². The number of thiophene rings is 1. The van der Waals surface area contributed by atoms with E-state index in [0.29, 0.717) is 28.3 Å². The van der Waals surface area contributed by atoms with E-state index in [2.05, 4.69) is 21.2 Å². The van der Waals surface area contributed by atoms with Crippen LogP contribution in [0.25, 0.3) is 10.1 Å². The molecule has 0 bridgehead atoms. The first kappa shape index (κ1) is 23.0. The van der Waals surface area contributed by atoms with Gasteiger partial charge in [0.25, 0.3) is 5.91 Å². The molecule has 0 unspecified atom stereocenters. The maximum atomic E-state index is 14.2. The van der Waals surface area contributed by atoms with Gasteiger partial charge in [-0.3, -0.25) is 14.2 Å². The number of halogens is 3. The van der Waals surface area contributed by atoms with Crippen LogP contribution in [0.3, 0.4) is 0 Å². The number of rotatable bonds is 4. The van der Waals surface area contributed by atoms with Crippen molar-refractivity contribution < 1.29 is 32.7 Å². The third kappa shape index (κ3) is 3.88. The Hall–Kier alpha value is -2.17. The molecule has 3 N–H and O–H groups in total. The van der Waals surface area contributed by atoms with E-state index < -0.39 is 24.0 Å². The lowest BCUT2D eigenvalue weighted by molar-refractivity contribution is -0.116. The number of fused-ring (bicyclic) bond motifs is 2. The summed E-state index contributed by atoms with van der Waals surface area (Å²) in [4.78, 5) is 43.4. The number of hydrogen-bond acceptors (Lipinski definition) is 4. The molecule has 168 valence electrons. The van der Waals surface area contributed by atoms with Crippen molar-refractivity contribution in [1.82, 2.24) is 0 Å². The summed E-state index contributed by atoms with van der Waals surface area (Å²) in [6.07, 6.45) is 0.730. The van der Waals surface area contributed by atoms with E-state index >= 15 is 0 Å².